The second-order valence-electron chi connectivity index (χ2n) is 8.30. The third kappa shape index (κ3) is 7.65. The lowest BCUT2D eigenvalue weighted by atomic mass is 10.1. The summed E-state index contributed by atoms with van der Waals surface area (Å²) in [4.78, 5) is 27.9. The van der Waals surface area contributed by atoms with Crippen molar-refractivity contribution in [1.82, 2.24) is 10.2 Å². The van der Waals surface area contributed by atoms with Crippen LogP contribution in [0.3, 0.4) is 0 Å². The van der Waals surface area contributed by atoms with Crippen LogP contribution in [0.1, 0.15) is 32.8 Å². The van der Waals surface area contributed by atoms with Crippen molar-refractivity contribution in [2.24, 2.45) is 0 Å². The van der Waals surface area contributed by atoms with Gasteiger partial charge in [-0.2, -0.15) is 0 Å². The molecule has 0 unspecified atom stereocenters. The topological polar surface area (TPSA) is 96.0 Å². The van der Waals surface area contributed by atoms with Crippen LogP contribution < -0.4 is 14.4 Å². The number of halogens is 3. The quantitative estimate of drug-likeness (QED) is 0.415. The molecule has 2 amide bonds. The molecule has 8 nitrogen and oxygen atoms in total. The fourth-order valence-electron chi connectivity index (χ4n) is 3.35. The minimum absolute atomic E-state index is 0.0910. The minimum atomic E-state index is -3.96. The van der Waals surface area contributed by atoms with E-state index in [1.165, 1.54) is 24.1 Å². The van der Waals surface area contributed by atoms with Gasteiger partial charge in [0.25, 0.3) is 0 Å². The van der Waals surface area contributed by atoms with Gasteiger partial charge in [0, 0.05) is 33.2 Å². The molecule has 0 saturated carbocycles. The van der Waals surface area contributed by atoms with Gasteiger partial charge < -0.3 is 15.0 Å². The molecule has 2 atom stereocenters. The average Bonchev–Trinajstić information content (AvgIpc) is 2.80. The number of methoxy groups -OCH3 is 1. The molecular weight excluding hydrogens is 549 g/mol. The lowest BCUT2D eigenvalue weighted by Crippen LogP contribution is -2.52. The number of nitrogens with one attached hydrogen (secondary N) is 1. The maximum Gasteiger partial charge on any atom is 0.244 e. The highest BCUT2D eigenvalue weighted by atomic mass is 35.5. The first-order valence-electron chi connectivity index (χ1n) is 11.1. The zero-order chi connectivity index (χ0) is 27.2. The fraction of sp³-hybridized carbons (Fsp3) is 0.417. The van der Waals surface area contributed by atoms with Crippen LogP contribution in [0.25, 0.3) is 0 Å². The second kappa shape index (κ2) is 12.9. The Hall–Kier alpha value is -2.20. The predicted octanol–water partition coefficient (Wildman–Crippen LogP) is 4.75. The number of rotatable bonds is 11. The van der Waals surface area contributed by atoms with Gasteiger partial charge in [0.2, 0.25) is 21.8 Å². The van der Waals surface area contributed by atoms with Gasteiger partial charge in [0.05, 0.1) is 19.1 Å². The Balaban J connectivity index is 2.52. The first kappa shape index (κ1) is 30.0. The molecule has 0 aliphatic rings. The van der Waals surface area contributed by atoms with Gasteiger partial charge in [-0.1, -0.05) is 47.8 Å². The Bertz CT molecular complexity index is 1190. The van der Waals surface area contributed by atoms with Crippen molar-refractivity contribution in [1.29, 1.82) is 0 Å². The van der Waals surface area contributed by atoms with Crippen LogP contribution in [0.4, 0.5) is 5.69 Å². The van der Waals surface area contributed by atoms with Crippen molar-refractivity contribution < 1.29 is 22.7 Å². The smallest absolute Gasteiger partial charge is 0.244 e. The molecule has 36 heavy (non-hydrogen) atoms. The molecule has 2 rings (SSSR count). The summed E-state index contributed by atoms with van der Waals surface area (Å²) in [5.74, 6) is -0.835. The molecule has 198 valence electrons. The summed E-state index contributed by atoms with van der Waals surface area (Å²) in [7, 11) is -2.58. The van der Waals surface area contributed by atoms with Crippen molar-refractivity contribution in [3.63, 3.8) is 0 Å². The lowest BCUT2D eigenvalue weighted by molar-refractivity contribution is -0.139. The maximum atomic E-state index is 13.7. The van der Waals surface area contributed by atoms with Gasteiger partial charge in [-0.25, -0.2) is 8.42 Å². The van der Waals surface area contributed by atoms with Crippen LogP contribution in [0.2, 0.25) is 15.1 Å². The lowest BCUT2D eigenvalue weighted by Gasteiger charge is -2.32. The summed E-state index contributed by atoms with van der Waals surface area (Å²) >= 11 is 18.8. The monoisotopic (exact) mass is 577 g/mol. The zero-order valence-corrected chi connectivity index (χ0v) is 23.8. The third-order valence-corrected chi connectivity index (χ3v) is 7.72. The third-order valence-electron chi connectivity index (χ3n) is 5.65. The number of sulfonamides is 1. The molecule has 0 aromatic heterocycles. The van der Waals surface area contributed by atoms with Crippen LogP contribution in [0, 0.1) is 0 Å². The van der Waals surface area contributed by atoms with Gasteiger partial charge in [-0.15, -0.1) is 0 Å². The molecule has 1 N–H and O–H groups in total. The summed E-state index contributed by atoms with van der Waals surface area (Å²) in [5, 5.41) is 3.73. The number of hydrogen-bond donors (Lipinski definition) is 1. The first-order valence-corrected chi connectivity index (χ1v) is 14.1. The molecule has 0 fully saturated rings. The van der Waals surface area contributed by atoms with E-state index in [9.17, 15) is 18.0 Å². The highest BCUT2D eigenvalue weighted by Gasteiger charge is 2.32. The number of anilines is 1. The number of amides is 2. The van der Waals surface area contributed by atoms with E-state index in [2.05, 4.69) is 5.32 Å². The molecule has 12 heteroatoms. The standard InChI is InChI=1S/C24H30Cl3N3O5S/c1-6-15(2)28-24(32)16(3)29(13-18-19(26)8-7-9-20(18)27)23(31)14-30(36(5,33)34)21-12-17(25)10-11-22(21)35-4/h7-12,15-16H,6,13-14H2,1-5H3,(H,28,32)/t15-,16+/m0/s1. The van der Waals surface area contributed by atoms with Crippen molar-refractivity contribution in [2.75, 3.05) is 24.2 Å². The number of ether oxygens (including phenoxy) is 1. The van der Waals surface area contributed by atoms with E-state index < -0.39 is 34.4 Å². The maximum absolute atomic E-state index is 13.7. The number of benzene rings is 2. The molecule has 0 bridgehead atoms. The number of hydrogen-bond acceptors (Lipinski definition) is 5. The first-order chi connectivity index (χ1) is 16.8. The molecule has 0 spiro atoms. The summed E-state index contributed by atoms with van der Waals surface area (Å²) in [6, 6.07) is 8.26. The Morgan fingerprint density at radius 2 is 1.69 bits per heavy atom. The van der Waals surface area contributed by atoms with Gasteiger partial charge in [-0.05, 0) is 50.6 Å². The largest absolute Gasteiger partial charge is 0.495 e. The number of carbonyl (C=O) groups excluding carboxylic acids is 2. The van der Waals surface area contributed by atoms with Gasteiger partial charge in [0.1, 0.15) is 18.3 Å². The van der Waals surface area contributed by atoms with Crippen molar-refractivity contribution in [3.05, 3.63) is 57.0 Å². The van der Waals surface area contributed by atoms with Gasteiger partial charge >= 0.3 is 0 Å². The summed E-state index contributed by atoms with van der Waals surface area (Å²) in [5.41, 5.74) is 0.525. The van der Waals surface area contributed by atoms with E-state index in [-0.39, 0.29) is 29.0 Å². The molecule has 0 aliphatic carbocycles. The Labute approximate surface area is 227 Å². The number of carbonyl (C=O) groups is 2. The Kier molecular flexibility index (Phi) is 10.7. The minimum Gasteiger partial charge on any atom is -0.495 e. The normalized spacial score (nSPS) is 13.0. The molecular formula is C24H30Cl3N3O5S. The van der Waals surface area contributed by atoms with E-state index in [0.29, 0.717) is 22.0 Å². The number of nitrogens with zero attached hydrogens (tertiary/aromatic N) is 2. The predicted molar refractivity (Wildman–Crippen MR) is 145 cm³/mol. The summed E-state index contributed by atoms with van der Waals surface area (Å²) in [6.45, 7) is 4.60. The van der Waals surface area contributed by atoms with E-state index in [0.717, 1.165) is 10.6 Å². The van der Waals surface area contributed by atoms with E-state index in [1.807, 2.05) is 13.8 Å². The van der Waals surface area contributed by atoms with Crippen LogP contribution in [0.5, 0.6) is 5.75 Å². The SMILES string of the molecule is CC[C@H](C)NC(=O)[C@@H](C)N(Cc1c(Cl)cccc1Cl)C(=O)CN(c1cc(Cl)ccc1OC)S(C)(=O)=O. The van der Waals surface area contributed by atoms with Crippen LogP contribution in [-0.2, 0) is 26.2 Å². The average molecular weight is 579 g/mol. The Morgan fingerprint density at radius 1 is 1.08 bits per heavy atom. The van der Waals surface area contributed by atoms with Crippen LogP contribution in [-0.4, -0.2) is 57.1 Å². The Morgan fingerprint density at radius 3 is 2.22 bits per heavy atom. The second-order valence-corrected chi connectivity index (χ2v) is 11.5. The van der Waals surface area contributed by atoms with Crippen molar-refractivity contribution in [3.8, 4) is 5.75 Å². The van der Waals surface area contributed by atoms with E-state index >= 15 is 0 Å². The molecule has 0 radical (unpaired) electrons. The van der Waals surface area contributed by atoms with Crippen molar-refractivity contribution in [2.45, 2.75) is 45.8 Å². The van der Waals surface area contributed by atoms with Crippen LogP contribution in [0.15, 0.2) is 36.4 Å². The molecule has 2 aromatic carbocycles. The molecule has 2 aromatic rings. The highest BCUT2D eigenvalue weighted by Crippen LogP contribution is 2.33. The molecule has 0 aliphatic heterocycles. The van der Waals surface area contributed by atoms with Crippen LogP contribution >= 0.6 is 34.8 Å². The van der Waals surface area contributed by atoms with Gasteiger partial charge in [0.15, 0.2) is 0 Å². The zero-order valence-electron chi connectivity index (χ0n) is 20.7. The highest BCUT2D eigenvalue weighted by molar-refractivity contribution is 7.92. The molecule has 0 saturated heterocycles. The van der Waals surface area contributed by atoms with E-state index in [1.54, 1.807) is 31.2 Å². The molecule has 0 heterocycles. The summed E-state index contributed by atoms with van der Waals surface area (Å²) < 4.78 is 31.7. The van der Waals surface area contributed by atoms with E-state index in [4.69, 9.17) is 39.5 Å². The van der Waals surface area contributed by atoms with Crippen molar-refractivity contribution >= 4 is 62.3 Å². The fourth-order valence-corrected chi connectivity index (χ4v) is 4.88. The summed E-state index contributed by atoms with van der Waals surface area (Å²) in [6.07, 6.45) is 1.66. The van der Waals surface area contributed by atoms with Gasteiger partial charge in [-0.3, -0.25) is 13.9 Å².